The van der Waals surface area contributed by atoms with Crippen LogP contribution in [0.25, 0.3) is 0 Å². The number of aliphatic carboxylic acids is 1. The number of nitrogens with one attached hydrogen (secondary N) is 1. The fourth-order valence-corrected chi connectivity index (χ4v) is 3.15. The largest absolute Gasteiger partial charge is 0.480 e. The van der Waals surface area contributed by atoms with Gasteiger partial charge in [0, 0.05) is 11.3 Å². The molecule has 0 aromatic carbocycles. The van der Waals surface area contributed by atoms with Crippen molar-refractivity contribution in [2.45, 2.75) is 30.9 Å². The van der Waals surface area contributed by atoms with Gasteiger partial charge in [0.2, 0.25) is 10.0 Å². The molecule has 1 heterocycles. The molecule has 1 aromatic rings. The molecule has 0 spiro atoms. The molecule has 1 aliphatic rings. The van der Waals surface area contributed by atoms with E-state index in [1.807, 2.05) is 0 Å². The molecule has 1 saturated carbocycles. The van der Waals surface area contributed by atoms with E-state index in [1.54, 1.807) is 5.38 Å². The summed E-state index contributed by atoms with van der Waals surface area (Å²) in [4.78, 5) is 14.8. The quantitative estimate of drug-likeness (QED) is 0.843. The number of sulfonamides is 1. The number of hydrogen-bond donors (Lipinski definition) is 2. The Kier molecular flexibility index (Phi) is 3.09. The number of aromatic nitrogens is 1. The van der Waals surface area contributed by atoms with Crippen LogP contribution in [0.1, 0.15) is 31.4 Å². The Bertz CT molecular complexity index is 533. The summed E-state index contributed by atoms with van der Waals surface area (Å²) in [5.74, 6) is -0.933. The van der Waals surface area contributed by atoms with E-state index in [1.165, 1.54) is 11.3 Å². The molecule has 2 N–H and O–H groups in total. The number of rotatable bonds is 5. The Hall–Kier alpha value is -1.15. The van der Waals surface area contributed by atoms with Gasteiger partial charge in [-0.3, -0.25) is 9.52 Å². The van der Waals surface area contributed by atoms with Crippen LogP contribution in [0.5, 0.6) is 0 Å². The predicted molar refractivity (Wildman–Crippen MR) is 63.7 cm³/mol. The average molecular weight is 276 g/mol. The maximum Gasteiger partial charge on any atom is 0.323 e. The fraction of sp³-hybridized carbons (Fsp3) is 0.556. The molecule has 94 valence electrons. The molecule has 2 rings (SSSR count). The van der Waals surface area contributed by atoms with Crippen molar-refractivity contribution in [2.24, 2.45) is 0 Å². The van der Waals surface area contributed by atoms with Gasteiger partial charge in [0.25, 0.3) is 0 Å². The number of carboxylic acids is 1. The Morgan fingerprint density at radius 1 is 1.65 bits per heavy atom. The van der Waals surface area contributed by atoms with E-state index in [-0.39, 0.29) is 5.13 Å². The molecule has 8 heteroatoms. The molecule has 1 fully saturated rings. The molecule has 0 radical (unpaired) electrons. The van der Waals surface area contributed by atoms with Crippen molar-refractivity contribution < 1.29 is 18.3 Å². The van der Waals surface area contributed by atoms with E-state index in [0.717, 1.165) is 25.5 Å². The van der Waals surface area contributed by atoms with Gasteiger partial charge in [-0.25, -0.2) is 13.4 Å². The standard InChI is InChI=1S/C9H12N2O4S2/c1-5(8(12)13)17(14,15)11-9-10-7(4-16-9)6-2-3-6/h4-6H,2-3H2,1H3,(H,10,11)(H,12,13). The zero-order valence-electron chi connectivity index (χ0n) is 9.08. The minimum Gasteiger partial charge on any atom is -0.480 e. The molecular formula is C9H12N2O4S2. The second-order valence-electron chi connectivity index (χ2n) is 3.98. The maximum atomic E-state index is 11.6. The van der Waals surface area contributed by atoms with Crippen molar-refractivity contribution in [3.63, 3.8) is 0 Å². The fourth-order valence-electron chi connectivity index (χ4n) is 1.24. The van der Waals surface area contributed by atoms with Crippen molar-refractivity contribution in [1.82, 2.24) is 4.98 Å². The second-order valence-corrected chi connectivity index (χ2v) is 6.84. The first-order valence-corrected chi connectivity index (χ1v) is 7.52. The van der Waals surface area contributed by atoms with Crippen LogP contribution in [0, 0.1) is 0 Å². The Morgan fingerprint density at radius 2 is 2.29 bits per heavy atom. The van der Waals surface area contributed by atoms with Crippen LogP contribution in [0.3, 0.4) is 0 Å². The van der Waals surface area contributed by atoms with Gasteiger partial charge in [0.1, 0.15) is 0 Å². The van der Waals surface area contributed by atoms with E-state index in [9.17, 15) is 13.2 Å². The molecule has 0 amide bonds. The van der Waals surface area contributed by atoms with E-state index in [0.29, 0.717) is 5.92 Å². The summed E-state index contributed by atoms with van der Waals surface area (Å²) in [6, 6.07) is 0. The molecule has 1 aliphatic carbocycles. The first-order valence-electron chi connectivity index (χ1n) is 5.10. The van der Waals surface area contributed by atoms with Gasteiger partial charge in [0.15, 0.2) is 10.4 Å². The lowest BCUT2D eigenvalue weighted by atomic mass is 10.3. The summed E-state index contributed by atoms with van der Waals surface area (Å²) in [6.45, 7) is 1.13. The monoisotopic (exact) mass is 276 g/mol. The Morgan fingerprint density at radius 3 is 2.82 bits per heavy atom. The molecule has 1 atom stereocenters. The van der Waals surface area contributed by atoms with Crippen LogP contribution in [0.15, 0.2) is 5.38 Å². The number of carboxylic acid groups (broad SMARTS) is 1. The van der Waals surface area contributed by atoms with Gasteiger partial charge in [-0.15, -0.1) is 11.3 Å². The average Bonchev–Trinajstić information content (AvgIpc) is 2.99. The summed E-state index contributed by atoms with van der Waals surface area (Å²) in [7, 11) is -3.91. The summed E-state index contributed by atoms with van der Waals surface area (Å²) < 4.78 is 25.4. The van der Waals surface area contributed by atoms with Crippen LogP contribution in [-0.2, 0) is 14.8 Å². The van der Waals surface area contributed by atoms with Crippen molar-refractivity contribution >= 4 is 32.5 Å². The van der Waals surface area contributed by atoms with Gasteiger partial charge < -0.3 is 5.11 Å². The van der Waals surface area contributed by atoms with E-state index >= 15 is 0 Å². The molecule has 1 aromatic heterocycles. The van der Waals surface area contributed by atoms with Crippen molar-refractivity contribution in [3.05, 3.63) is 11.1 Å². The van der Waals surface area contributed by atoms with Crippen molar-refractivity contribution in [1.29, 1.82) is 0 Å². The SMILES string of the molecule is CC(C(=O)O)S(=O)(=O)Nc1nc(C2CC2)cs1. The lowest BCUT2D eigenvalue weighted by molar-refractivity contribution is -0.136. The van der Waals surface area contributed by atoms with Gasteiger partial charge >= 0.3 is 5.97 Å². The zero-order valence-corrected chi connectivity index (χ0v) is 10.7. The van der Waals surface area contributed by atoms with E-state index < -0.39 is 21.2 Å². The third-order valence-corrected chi connectivity index (χ3v) is 5.08. The number of carbonyl (C=O) groups is 1. The smallest absolute Gasteiger partial charge is 0.323 e. The minimum atomic E-state index is -3.91. The van der Waals surface area contributed by atoms with Crippen molar-refractivity contribution in [2.75, 3.05) is 4.72 Å². The van der Waals surface area contributed by atoms with Gasteiger partial charge in [-0.2, -0.15) is 0 Å². The Labute approximate surface area is 103 Å². The topological polar surface area (TPSA) is 96.4 Å². The zero-order chi connectivity index (χ0) is 12.6. The molecule has 17 heavy (non-hydrogen) atoms. The third-order valence-electron chi connectivity index (χ3n) is 2.56. The number of hydrogen-bond acceptors (Lipinski definition) is 5. The maximum absolute atomic E-state index is 11.6. The van der Waals surface area contributed by atoms with Crippen molar-refractivity contribution in [3.8, 4) is 0 Å². The van der Waals surface area contributed by atoms with Gasteiger partial charge in [-0.1, -0.05) is 0 Å². The number of anilines is 1. The first kappa shape index (κ1) is 12.3. The molecule has 1 unspecified atom stereocenters. The third kappa shape index (κ3) is 2.75. The van der Waals surface area contributed by atoms with Crippen LogP contribution in [-0.4, -0.2) is 29.7 Å². The summed E-state index contributed by atoms with van der Waals surface area (Å²) in [5, 5.41) is 9.22. The van der Waals surface area contributed by atoms with E-state index in [2.05, 4.69) is 9.71 Å². The van der Waals surface area contributed by atoms with Crippen LogP contribution < -0.4 is 4.72 Å². The van der Waals surface area contributed by atoms with Crippen LogP contribution >= 0.6 is 11.3 Å². The lowest BCUT2D eigenvalue weighted by Gasteiger charge is -2.08. The molecule has 0 aliphatic heterocycles. The molecule has 0 bridgehead atoms. The van der Waals surface area contributed by atoms with Crippen LogP contribution in [0.4, 0.5) is 5.13 Å². The van der Waals surface area contributed by atoms with Gasteiger partial charge in [-0.05, 0) is 19.8 Å². The highest BCUT2D eigenvalue weighted by atomic mass is 32.2. The highest BCUT2D eigenvalue weighted by Gasteiger charge is 2.30. The van der Waals surface area contributed by atoms with E-state index in [4.69, 9.17) is 5.11 Å². The summed E-state index contributed by atoms with van der Waals surface area (Å²) in [6.07, 6.45) is 2.17. The summed E-state index contributed by atoms with van der Waals surface area (Å²) >= 11 is 1.18. The summed E-state index contributed by atoms with van der Waals surface area (Å²) in [5.41, 5.74) is 0.885. The minimum absolute atomic E-state index is 0.236. The highest BCUT2D eigenvalue weighted by molar-refractivity contribution is 7.94. The second kappa shape index (κ2) is 4.26. The lowest BCUT2D eigenvalue weighted by Crippen LogP contribution is -2.32. The first-order chi connectivity index (χ1) is 7.90. The normalized spacial score (nSPS) is 17.7. The Balaban J connectivity index is 2.11. The highest BCUT2D eigenvalue weighted by Crippen LogP contribution is 2.41. The number of nitrogens with zero attached hydrogens (tertiary/aromatic N) is 1. The molecule has 6 nitrogen and oxygen atoms in total. The van der Waals surface area contributed by atoms with Crippen LogP contribution in [0.2, 0.25) is 0 Å². The number of thiazole rings is 1. The molecule has 0 saturated heterocycles. The predicted octanol–water partition coefficient (Wildman–Crippen LogP) is 1.24. The van der Waals surface area contributed by atoms with Gasteiger partial charge in [0.05, 0.1) is 5.69 Å². The molecular weight excluding hydrogens is 264 g/mol.